The van der Waals surface area contributed by atoms with Gasteiger partial charge in [-0.3, -0.25) is 0 Å². The monoisotopic (exact) mass is 193 g/mol. The molecule has 0 saturated carbocycles. The number of benzene rings is 1. The molecule has 0 radical (unpaired) electrons. The fourth-order valence-electron chi connectivity index (χ4n) is 2.22. The minimum atomic E-state index is -0.0836. The SMILES string of the molecule is CCC1(C)Nc2cccc(F)c2C1C. The third-order valence-electron chi connectivity index (χ3n) is 3.60. The van der Waals surface area contributed by atoms with Gasteiger partial charge in [0.05, 0.1) is 0 Å². The molecule has 0 aromatic heterocycles. The molecule has 2 unspecified atom stereocenters. The largest absolute Gasteiger partial charge is 0.379 e. The summed E-state index contributed by atoms with van der Waals surface area (Å²) in [5.41, 5.74) is 1.81. The minimum absolute atomic E-state index is 0.00449. The summed E-state index contributed by atoms with van der Waals surface area (Å²) >= 11 is 0. The molecule has 2 atom stereocenters. The highest BCUT2D eigenvalue weighted by Crippen LogP contribution is 2.44. The van der Waals surface area contributed by atoms with Crippen LogP contribution in [0.1, 0.15) is 38.7 Å². The van der Waals surface area contributed by atoms with Crippen LogP contribution in [-0.4, -0.2) is 5.54 Å². The van der Waals surface area contributed by atoms with E-state index in [1.165, 1.54) is 0 Å². The van der Waals surface area contributed by atoms with Crippen LogP contribution in [0, 0.1) is 5.82 Å². The van der Waals surface area contributed by atoms with Crippen LogP contribution in [0.15, 0.2) is 18.2 Å². The van der Waals surface area contributed by atoms with Gasteiger partial charge >= 0.3 is 0 Å². The first-order valence-corrected chi connectivity index (χ1v) is 5.15. The number of halogens is 1. The molecule has 2 rings (SSSR count). The van der Waals surface area contributed by atoms with Crippen LogP contribution in [0.3, 0.4) is 0 Å². The summed E-state index contributed by atoms with van der Waals surface area (Å²) in [4.78, 5) is 0. The summed E-state index contributed by atoms with van der Waals surface area (Å²) in [7, 11) is 0. The van der Waals surface area contributed by atoms with Crippen molar-refractivity contribution in [3.05, 3.63) is 29.6 Å². The molecule has 1 heterocycles. The van der Waals surface area contributed by atoms with Crippen LogP contribution in [0.25, 0.3) is 0 Å². The van der Waals surface area contributed by atoms with Gasteiger partial charge in [-0.25, -0.2) is 4.39 Å². The second-order valence-electron chi connectivity index (χ2n) is 4.32. The Morgan fingerprint density at radius 2 is 2.21 bits per heavy atom. The molecule has 1 nitrogen and oxygen atoms in total. The molecule has 0 aliphatic carbocycles. The average molecular weight is 193 g/mol. The first kappa shape index (κ1) is 9.50. The molecule has 0 amide bonds. The van der Waals surface area contributed by atoms with Gasteiger partial charge in [0.2, 0.25) is 0 Å². The lowest BCUT2D eigenvalue weighted by Crippen LogP contribution is -2.33. The van der Waals surface area contributed by atoms with Crippen LogP contribution in [0.5, 0.6) is 0 Å². The van der Waals surface area contributed by atoms with E-state index in [-0.39, 0.29) is 17.3 Å². The molecule has 0 fully saturated rings. The first-order valence-electron chi connectivity index (χ1n) is 5.15. The molecule has 76 valence electrons. The zero-order chi connectivity index (χ0) is 10.3. The lowest BCUT2D eigenvalue weighted by atomic mass is 9.84. The topological polar surface area (TPSA) is 12.0 Å². The Morgan fingerprint density at radius 1 is 1.50 bits per heavy atom. The van der Waals surface area contributed by atoms with Gasteiger partial charge in [-0.1, -0.05) is 19.9 Å². The number of fused-ring (bicyclic) bond motifs is 1. The summed E-state index contributed by atoms with van der Waals surface area (Å²) in [6.45, 7) is 6.37. The molecule has 1 aromatic rings. The standard InChI is InChI=1S/C12H16FN/c1-4-12(3)8(2)11-9(13)6-5-7-10(11)14-12/h5-8,14H,4H2,1-3H3. The summed E-state index contributed by atoms with van der Waals surface area (Å²) in [6, 6.07) is 5.25. The molecule has 14 heavy (non-hydrogen) atoms. The number of hydrogen-bond donors (Lipinski definition) is 1. The molecular formula is C12H16FN. The summed E-state index contributed by atoms with van der Waals surface area (Å²) < 4.78 is 13.6. The zero-order valence-electron chi connectivity index (χ0n) is 8.89. The van der Waals surface area contributed by atoms with Crippen molar-refractivity contribution >= 4 is 5.69 Å². The molecule has 1 aromatic carbocycles. The molecule has 0 spiro atoms. The van der Waals surface area contributed by atoms with E-state index < -0.39 is 0 Å². The van der Waals surface area contributed by atoms with Gasteiger partial charge in [0.15, 0.2) is 0 Å². The Morgan fingerprint density at radius 3 is 2.79 bits per heavy atom. The maximum absolute atomic E-state index is 13.6. The van der Waals surface area contributed by atoms with Crippen molar-refractivity contribution in [2.75, 3.05) is 5.32 Å². The summed E-state index contributed by atoms with van der Waals surface area (Å²) in [5.74, 6) is 0.156. The normalized spacial score (nSPS) is 29.9. The minimum Gasteiger partial charge on any atom is -0.379 e. The molecule has 0 bridgehead atoms. The number of nitrogens with one attached hydrogen (secondary N) is 1. The van der Waals surface area contributed by atoms with E-state index >= 15 is 0 Å². The predicted molar refractivity (Wildman–Crippen MR) is 57.1 cm³/mol. The van der Waals surface area contributed by atoms with Crippen molar-refractivity contribution in [1.82, 2.24) is 0 Å². The Kier molecular flexibility index (Phi) is 2.02. The summed E-state index contributed by atoms with van der Waals surface area (Å²) in [5, 5.41) is 3.41. The fourth-order valence-corrected chi connectivity index (χ4v) is 2.22. The van der Waals surface area contributed by atoms with Crippen molar-refractivity contribution in [3.8, 4) is 0 Å². The van der Waals surface area contributed by atoms with E-state index in [9.17, 15) is 4.39 Å². The molecular weight excluding hydrogens is 177 g/mol. The van der Waals surface area contributed by atoms with Gasteiger partial charge in [-0.15, -0.1) is 0 Å². The average Bonchev–Trinajstić information content (AvgIpc) is 2.42. The van der Waals surface area contributed by atoms with Crippen LogP contribution in [0.4, 0.5) is 10.1 Å². The highest BCUT2D eigenvalue weighted by Gasteiger charge is 2.39. The van der Waals surface area contributed by atoms with Crippen LogP contribution in [-0.2, 0) is 0 Å². The van der Waals surface area contributed by atoms with Gasteiger partial charge in [0.1, 0.15) is 5.82 Å². The maximum atomic E-state index is 13.6. The Labute approximate surface area is 84.3 Å². The number of rotatable bonds is 1. The predicted octanol–water partition coefficient (Wildman–Crippen LogP) is 3.52. The van der Waals surface area contributed by atoms with E-state index in [1.54, 1.807) is 12.1 Å². The van der Waals surface area contributed by atoms with Gasteiger partial charge < -0.3 is 5.32 Å². The smallest absolute Gasteiger partial charge is 0.128 e. The highest BCUT2D eigenvalue weighted by molar-refractivity contribution is 5.61. The number of anilines is 1. The van der Waals surface area contributed by atoms with E-state index in [2.05, 4.69) is 26.1 Å². The van der Waals surface area contributed by atoms with E-state index in [4.69, 9.17) is 0 Å². The van der Waals surface area contributed by atoms with Gasteiger partial charge in [0.25, 0.3) is 0 Å². The molecule has 1 aliphatic heterocycles. The Hall–Kier alpha value is -1.05. The second kappa shape index (κ2) is 2.97. The Bertz CT molecular complexity index is 361. The quantitative estimate of drug-likeness (QED) is 0.719. The van der Waals surface area contributed by atoms with E-state index in [0.29, 0.717) is 0 Å². The second-order valence-corrected chi connectivity index (χ2v) is 4.32. The van der Waals surface area contributed by atoms with Gasteiger partial charge in [-0.05, 0) is 25.5 Å². The maximum Gasteiger partial charge on any atom is 0.128 e. The molecule has 0 saturated heterocycles. The van der Waals surface area contributed by atoms with Crippen molar-refractivity contribution in [1.29, 1.82) is 0 Å². The van der Waals surface area contributed by atoms with E-state index in [1.807, 2.05) is 6.07 Å². The van der Waals surface area contributed by atoms with Crippen LogP contribution >= 0.6 is 0 Å². The third kappa shape index (κ3) is 1.13. The van der Waals surface area contributed by atoms with E-state index in [0.717, 1.165) is 17.7 Å². The third-order valence-corrected chi connectivity index (χ3v) is 3.60. The van der Waals surface area contributed by atoms with Crippen molar-refractivity contribution in [2.24, 2.45) is 0 Å². The van der Waals surface area contributed by atoms with Gasteiger partial charge in [-0.2, -0.15) is 0 Å². The Balaban J connectivity index is 2.51. The van der Waals surface area contributed by atoms with Crippen molar-refractivity contribution in [2.45, 2.75) is 38.6 Å². The fraction of sp³-hybridized carbons (Fsp3) is 0.500. The van der Waals surface area contributed by atoms with Crippen LogP contribution < -0.4 is 5.32 Å². The van der Waals surface area contributed by atoms with Crippen molar-refractivity contribution in [3.63, 3.8) is 0 Å². The first-order chi connectivity index (χ1) is 6.58. The molecule has 1 aliphatic rings. The van der Waals surface area contributed by atoms with Crippen LogP contribution in [0.2, 0.25) is 0 Å². The zero-order valence-corrected chi connectivity index (χ0v) is 8.89. The van der Waals surface area contributed by atoms with Gasteiger partial charge in [0, 0.05) is 22.7 Å². The molecule has 1 N–H and O–H groups in total. The lowest BCUT2D eigenvalue weighted by molar-refractivity contribution is 0.433. The highest BCUT2D eigenvalue weighted by atomic mass is 19.1. The summed E-state index contributed by atoms with van der Waals surface area (Å²) in [6.07, 6.45) is 1.00. The lowest BCUT2D eigenvalue weighted by Gasteiger charge is -2.28. The van der Waals surface area contributed by atoms with Crippen molar-refractivity contribution < 1.29 is 4.39 Å². The number of hydrogen-bond acceptors (Lipinski definition) is 1. The molecule has 2 heteroatoms.